The maximum atomic E-state index is 11.8. The Hall–Kier alpha value is -1.58. The Bertz CT molecular complexity index is 548. The van der Waals surface area contributed by atoms with Crippen LogP contribution in [0, 0.1) is 11.3 Å². The molecule has 5 nitrogen and oxygen atoms in total. The Labute approximate surface area is 100 Å². The summed E-state index contributed by atoms with van der Waals surface area (Å²) in [4.78, 5) is 0. The second-order valence-corrected chi connectivity index (χ2v) is 5.67. The van der Waals surface area contributed by atoms with Crippen LogP contribution in [0.3, 0.4) is 0 Å². The van der Waals surface area contributed by atoms with Gasteiger partial charge in [-0.15, -0.1) is 0 Å². The van der Waals surface area contributed by atoms with E-state index in [0.29, 0.717) is 12.4 Å². The van der Waals surface area contributed by atoms with Crippen LogP contribution < -0.4 is 4.74 Å². The fourth-order valence-electron chi connectivity index (χ4n) is 1.71. The molecule has 0 fully saturated rings. The highest BCUT2D eigenvalue weighted by Gasteiger charge is 2.25. The van der Waals surface area contributed by atoms with Crippen LogP contribution in [0.25, 0.3) is 0 Å². The first-order chi connectivity index (χ1) is 8.13. The van der Waals surface area contributed by atoms with Gasteiger partial charge in [-0.2, -0.15) is 9.57 Å². The van der Waals surface area contributed by atoms with Gasteiger partial charge in [0.25, 0.3) is 0 Å². The van der Waals surface area contributed by atoms with E-state index in [9.17, 15) is 8.42 Å². The van der Waals surface area contributed by atoms with Crippen LogP contribution in [0.15, 0.2) is 24.3 Å². The van der Waals surface area contributed by atoms with Crippen molar-refractivity contribution in [3.05, 3.63) is 29.8 Å². The largest absolute Gasteiger partial charge is 0.492 e. The van der Waals surface area contributed by atoms with Crippen molar-refractivity contribution in [3.8, 4) is 11.8 Å². The number of para-hydroxylation sites is 1. The monoisotopic (exact) mass is 252 g/mol. The van der Waals surface area contributed by atoms with Crippen LogP contribution in [0.4, 0.5) is 0 Å². The smallest absolute Gasteiger partial charge is 0.228 e. The zero-order valence-electron chi connectivity index (χ0n) is 9.17. The molecule has 0 spiro atoms. The summed E-state index contributed by atoms with van der Waals surface area (Å²) < 4.78 is 30.3. The van der Waals surface area contributed by atoms with Gasteiger partial charge in [-0.25, -0.2) is 8.42 Å². The first-order valence-electron chi connectivity index (χ1n) is 5.19. The van der Waals surface area contributed by atoms with E-state index in [2.05, 4.69) is 0 Å². The van der Waals surface area contributed by atoms with Crippen molar-refractivity contribution in [2.24, 2.45) is 0 Å². The predicted octanol–water partition coefficient (Wildman–Crippen LogP) is 0.734. The molecular weight excluding hydrogens is 240 g/mol. The van der Waals surface area contributed by atoms with Gasteiger partial charge in [-0.1, -0.05) is 18.2 Å². The molecule has 90 valence electrons. The Morgan fingerprint density at radius 1 is 1.41 bits per heavy atom. The predicted molar refractivity (Wildman–Crippen MR) is 61.7 cm³/mol. The van der Waals surface area contributed by atoms with Crippen LogP contribution in [-0.2, 0) is 16.6 Å². The van der Waals surface area contributed by atoms with E-state index in [1.807, 2.05) is 24.3 Å². The molecule has 1 aromatic carbocycles. The number of fused-ring (bicyclic) bond motifs is 1. The fourth-order valence-corrected chi connectivity index (χ4v) is 2.75. The van der Waals surface area contributed by atoms with Gasteiger partial charge < -0.3 is 4.74 Å². The summed E-state index contributed by atoms with van der Waals surface area (Å²) in [5.74, 6) is 0.219. The van der Waals surface area contributed by atoms with E-state index in [0.717, 1.165) is 5.56 Å². The van der Waals surface area contributed by atoms with Crippen LogP contribution >= 0.6 is 0 Å². The normalized spacial score (nSPS) is 16.4. The molecule has 0 aromatic heterocycles. The third-order valence-corrected chi connectivity index (χ3v) is 4.15. The van der Waals surface area contributed by atoms with Crippen molar-refractivity contribution >= 4 is 10.0 Å². The summed E-state index contributed by atoms with van der Waals surface area (Å²) in [5, 5.41) is 8.51. The zero-order valence-corrected chi connectivity index (χ0v) is 9.98. The second-order valence-electron chi connectivity index (χ2n) is 3.70. The lowest BCUT2D eigenvalue weighted by Gasteiger charge is -2.17. The summed E-state index contributed by atoms with van der Waals surface area (Å²) in [7, 11) is -3.51. The lowest BCUT2D eigenvalue weighted by atomic mass is 10.2. The maximum absolute atomic E-state index is 11.8. The molecule has 2 rings (SSSR count). The van der Waals surface area contributed by atoms with Crippen LogP contribution in [0.2, 0.25) is 0 Å². The van der Waals surface area contributed by atoms with E-state index in [4.69, 9.17) is 10.00 Å². The van der Waals surface area contributed by atoms with Crippen molar-refractivity contribution in [3.63, 3.8) is 0 Å². The van der Waals surface area contributed by atoms with Gasteiger partial charge in [0.2, 0.25) is 10.0 Å². The summed E-state index contributed by atoms with van der Waals surface area (Å²) in [6.45, 7) is 0.848. The highest BCUT2D eigenvalue weighted by atomic mass is 32.2. The van der Waals surface area contributed by atoms with E-state index in [1.165, 1.54) is 4.31 Å². The molecule has 0 bridgehead atoms. The number of nitrogens with zero attached hydrogens (tertiary/aromatic N) is 2. The molecule has 0 saturated heterocycles. The summed E-state index contributed by atoms with van der Waals surface area (Å²) in [6, 6.07) is 9.00. The Balaban J connectivity index is 2.28. The van der Waals surface area contributed by atoms with Crippen molar-refractivity contribution < 1.29 is 13.2 Å². The molecule has 0 N–H and O–H groups in total. The SMILES string of the molecule is N#CCS(=O)(=O)N1CCOc2ccccc2C1. The molecule has 1 aliphatic rings. The molecule has 0 amide bonds. The maximum Gasteiger partial charge on any atom is 0.228 e. The van der Waals surface area contributed by atoms with E-state index >= 15 is 0 Å². The quantitative estimate of drug-likeness (QED) is 0.778. The Morgan fingerprint density at radius 3 is 2.94 bits per heavy atom. The molecule has 0 unspecified atom stereocenters. The highest BCUT2D eigenvalue weighted by molar-refractivity contribution is 7.89. The standard InChI is InChI=1S/C11H12N2O3S/c12-5-8-17(14,15)13-6-7-16-11-4-2-1-3-10(11)9-13/h1-4H,6-9H2. The average Bonchev–Trinajstić information content (AvgIpc) is 2.51. The topological polar surface area (TPSA) is 70.4 Å². The molecule has 0 atom stereocenters. The molecule has 0 saturated carbocycles. The molecule has 6 heteroatoms. The van der Waals surface area contributed by atoms with E-state index < -0.39 is 15.8 Å². The van der Waals surface area contributed by atoms with E-state index in [1.54, 1.807) is 6.07 Å². The number of hydrogen-bond acceptors (Lipinski definition) is 4. The summed E-state index contributed by atoms with van der Waals surface area (Å²) >= 11 is 0. The zero-order chi connectivity index (χ0) is 12.3. The Kier molecular flexibility index (Phi) is 3.31. The van der Waals surface area contributed by atoms with Crippen LogP contribution in [0.5, 0.6) is 5.75 Å². The third kappa shape index (κ3) is 2.57. The van der Waals surface area contributed by atoms with Crippen molar-refractivity contribution in [2.75, 3.05) is 18.9 Å². The second kappa shape index (κ2) is 4.73. The van der Waals surface area contributed by atoms with E-state index in [-0.39, 0.29) is 13.1 Å². The number of benzene rings is 1. The first-order valence-corrected chi connectivity index (χ1v) is 6.80. The fraction of sp³-hybridized carbons (Fsp3) is 0.364. The molecular formula is C11H12N2O3S. The third-order valence-electron chi connectivity index (χ3n) is 2.56. The van der Waals surface area contributed by atoms with Crippen molar-refractivity contribution in [1.82, 2.24) is 4.31 Å². The Morgan fingerprint density at radius 2 is 2.18 bits per heavy atom. The molecule has 1 aromatic rings. The minimum absolute atomic E-state index is 0.264. The van der Waals surface area contributed by atoms with Crippen LogP contribution in [-0.4, -0.2) is 31.6 Å². The highest BCUT2D eigenvalue weighted by Crippen LogP contribution is 2.23. The minimum Gasteiger partial charge on any atom is -0.492 e. The summed E-state index contributed by atoms with van der Waals surface area (Å²) in [6.07, 6.45) is 0. The van der Waals surface area contributed by atoms with Gasteiger partial charge in [0.1, 0.15) is 12.4 Å². The lowest BCUT2D eigenvalue weighted by molar-refractivity contribution is 0.293. The first kappa shape index (κ1) is 11.9. The number of ether oxygens (including phenoxy) is 1. The summed E-state index contributed by atoms with van der Waals surface area (Å²) in [5.41, 5.74) is 0.825. The van der Waals surface area contributed by atoms with Gasteiger partial charge in [0, 0.05) is 18.7 Å². The molecule has 1 aliphatic heterocycles. The minimum atomic E-state index is -3.51. The van der Waals surface area contributed by atoms with Crippen LogP contribution in [0.1, 0.15) is 5.56 Å². The van der Waals surface area contributed by atoms with Gasteiger partial charge in [-0.3, -0.25) is 0 Å². The number of nitriles is 1. The van der Waals surface area contributed by atoms with Gasteiger partial charge in [0.15, 0.2) is 5.75 Å². The van der Waals surface area contributed by atoms with Gasteiger partial charge >= 0.3 is 0 Å². The number of rotatable bonds is 2. The van der Waals surface area contributed by atoms with Gasteiger partial charge in [0.05, 0.1) is 6.07 Å². The van der Waals surface area contributed by atoms with Crippen molar-refractivity contribution in [1.29, 1.82) is 5.26 Å². The number of sulfonamides is 1. The van der Waals surface area contributed by atoms with Gasteiger partial charge in [-0.05, 0) is 6.07 Å². The molecule has 0 radical (unpaired) electrons. The molecule has 1 heterocycles. The lowest BCUT2D eigenvalue weighted by Crippen LogP contribution is -2.33. The van der Waals surface area contributed by atoms with Crippen molar-refractivity contribution in [2.45, 2.75) is 6.54 Å². The average molecular weight is 252 g/mol. The molecule has 17 heavy (non-hydrogen) atoms. The number of hydrogen-bond donors (Lipinski definition) is 0. The molecule has 0 aliphatic carbocycles.